The second kappa shape index (κ2) is 6.92. The molecule has 7 heteroatoms. The number of aromatic nitrogens is 2. The first-order valence-corrected chi connectivity index (χ1v) is 8.96. The van der Waals surface area contributed by atoms with Crippen LogP contribution in [-0.4, -0.2) is 40.9 Å². The van der Waals surface area contributed by atoms with Crippen LogP contribution in [0.4, 0.5) is 5.82 Å². The fourth-order valence-electron chi connectivity index (χ4n) is 3.60. The lowest BCUT2D eigenvalue weighted by Crippen LogP contribution is -2.43. The SMILES string of the molecule is Cn1cc2c(n1)N(C(=O)c1ccccc1)CC[C@H]2NC(=O)[C@H]1CCCO1. The van der Waals surface area contributed by atoms with Crippen LogP contribution in [0.3, 0.4) is 0 Å². The third-order valence-electron chi connectivity index (χ3n) is 4.91. The van der Waals surface area contributed by atoms with Crippen LogP contribution in [0, 0.1) is 0 Å². The normalized spacial score (nSPS) is 22.1. The van der Waals surface area contributed by atoms with Gasteiger partial charge in [-0.3, -0.25) is 19.2 Å². The van der Waals surface area contributed by atoms with Crippen LogP contribution >= 0.6 is 0 Å². The molecule has 3 heterocycles. The molecule has 2 aliphatic rings. The Morgan fingerprint density at radius 2 is 2.04 bits per heavy atom. The molecule has 1 aromatic heterocycles. The molecule has 26 heavy (non-hydrogen) atoms. The van der Waals surface area contributed by atoms with Gasteiger partial charge in [-0.1, -0.05) is 18.2 Å². The first-order valence-electron chi connectivity index (χ1n) is 8.96. The van der Waals surface area contributed by atoms with Crippen LogP contribution in [0.1, 0.15) is 41.2 Å². The van der Waals surface area contributed by atoms with Gasteiger partial charge < -0.3 is 10.1 Å². The van der Waals surface area contributed by atoms with E-state index in [1.165, 1.54) is 0 Å². The minimum Gasteiger partial charge on any atom is -0.368 e. The molecule has 0 aliphatic carbocycles. The smallest absolute Gasteiger partial charge is 0.259 e. The number of carbonyl (C=O) groups is 2. The molecule has 7 nitrogen and oxygen atoms in total. The highest BCUT2D eigenvalue weighted by Crippen LogP contribution is 2.33. The monoisotopic (exact) mass is 354 g/mol. The predicted molar refractivity (Wildman–Crippen MR) is 95.8 cm³/mol. The van der Waals surface area contributed by atoms with Crippen molar-refractivity contribution in [3.8, 4) is 0 Å². The Kier molecular flexibility index (Phi) is 4.46. The van der Waals surface area contributed by atoms with E-state index in [1.807, 2.05) is 31.4 Å². The Labute approximate surface area is 151 Å². The summed E-state index contributed by atoms with van der Waals surface area (Å²) in [7, 11) is 1.82. The van der Waals surface area contributed by atoms with Crippen LogP contribution in [0.15, 0.2) is 36.5 Å². The van der Waals surface area contributed by atoms with Crippen molar-refractivity contribution in [1.29, 1.82) is 0 Å². The van der Waals surface area contributed by atoms with Crippen molar-refractivity contribution in [3.63, 3.8) is 0 Å². The molecule has 4 rings (SSSR count). The molecular weight excluding hydrogens is 332 g/mol. The van der Waals surface area contributed by atoms with E-state index < -0.39 is 0 Å². The van der Waals surface area contributed by atoms with Gasteiger partial charge in [0.2, 0.25) is 5.91 Å². The maximum absolute atomic E-state index is 12.9. The molecule has 0 unspecified atom stereocenters. The Bertz CT molecular complexity index is 811. The average molecular weight is 354 g/mol. The number of amides is 2. The number of aryl methyl sites for hydroxylation is 1. The summed E-state index contributed by atoms with van der Waals surface area (Å²) in [6.07, 6.45) is 3.84. The van der Waals surface area contributed by atoms with Gasteiger partial charge in [-0.05, 0) is 31.4 Å². The number of nitrogens with zero attached hydrogens (tertiary/aromatic N) is 3. The lowest BCUT2D eigenvalue weighted by molar-refractivity contribution is -0.130. The second-order valence-corrected chi connectivity index (χ2v) is 6.76. The third kappa shape index (κ3) is 3.10. The van der Waals surface area contributed by atoms with Gasteiger partial charge in [0.1, 0.15) is 6.10 Å². The minimum atomic E-state index is -0.362. The Morgan fingerprint density at radius 3 is 2.77 bits per heavy atom. The lowest BCUT2D eigenvalue weighted by Gasteiger charge is -2.31. The van der Waals surface area contributed by atoms with Gasteiger partial charge in [-0.15, -0.1) is 0 Å². The first-order chi connectivity index (χ1) is 12.6. The van der Waals surface area contributed by atoms with Gasteiger partial charge in [-0.2, -0.15) is 5.10 Å². The van der Waals surface area contributed by atoms with Crippen molar-refractivity contribution in [2.24, 2.45) is 7.05 Å². The van der Waals surface area contributed by atoms with Crippen LogP contribution in [-0.2, 0) is 16.6 Å². The van der Waals surface area contributed by atoms with Gasteiger partial charge in [-0.25, -0.2) is 0 Å². The number of carbonyl (C=O) groups excluding carboxylic acids is 2. The molecule has 1 aromatic carbocycles. The first kappa shape index (κ1) is 16.8. The van der Waals surface area contributed by atoms with Gasteiger partial charge in [0, 0.05) is 37.5 Å². The predicted octanol–water partition coefficient (Wildman–Crippen LogP) is 1.81. The van der Waals surface area contributed by atoms with E-state index in [9.17, 15) is 9.59 Å². The fourth-order valence-corrected chi connectivity index (χ4v) is 3.60. The molecule has 0 bridgehead atoms. The molecule has 2 aliphatic heterocycles. The molecule has 1 N–H and O–H groups in total. The highest BCUT2D eigenvalue weighted by molar-refractivity contribution is 6.06. The van der Waals surface area contributed by atoms with E-state index in [2.05, 4.69) is 10.4 Å². The summed E-state index contributed by atoms with van der Waals surface area (Å²) < 4.78 is 7.16. The lowest BCUT2D eigenvalue weighted by atomic mass is 10.00. The van der Waals surface area contributed by atoms with Crippen molar-refractivity contribution in [3.05, 3.63) is 47.7 Å². The zero-order valence-electron chi connectivity index (χ0n) is 14.7. The van der Waals surface area contributed by atoms with E-state index in [0.29, 0.717) is 31.0 Å². The molecule has 1 saturated heterocycles. The Balaban J connectivity index is 1.57. The number of nitrogens with one attached hydrogen (secondary N) is 1. The number of hydrogen-bond donors (Lipinski definition) is 1. The van der Waals surface area contributed by atoms with Crippen molar-refractivity contribution < 1.29 is 14.3 Å². The standard InChI is InChI=1S/C19H22N4O3/c1-22-12-14-15(20-18(24)16-8-5-11-26-16)9-10-23(17(14)21-22)19(25)13-6-3-2-4-7-13/h2-4,6-7,12,15-16H,5,8-11H2,1H3,(H,20,24)/t15-,16-/m1/s1. The summed E-state index contributed by atoms with van der Waals surface area (Å²) in [6.45, 7) is 1.15. The van der Waals surface area contributed by atoms with Gasteiger partial charge in [0.15, 0.2) is 5.82 Å². The molecule has 136 valence electrons. The molecule has 2 atom stereocenters. The van der Waals surface area contributed by atoms with E-state index in [4.69, 9.17) is 4.74 Å². The van der Waals surface area contributed by atoms with Crippen molar-refractivity contribution in [2.75, 3.05) is 18.1 Å². The number of rotatable bonds is 3. The average Bonchev–Trinajstić information content (AvgIpc) is 3.31. The van der Waals surface area contributed by atoms with Gasteiger partial charge in [0.05, 0.1) is 6.04 Å². The number of anilines is 1. The van der Waals surface area contributed by atoms with Crippen LogP contribution in [0.25, 0.3) is 0 Å². The molecule has 0 radical (unpaired) electrons. The molecule has 0 saturated carbocycles. The molecule has 1 fully saturated rings. The van der Waals surface area contributed by atoms with E-state index in [1.54, 1.807) is 21.7 Å². The quantitative estimate of drug-likeness (QED) is 0.912. The summed E-state index contributed by atoms with van der Waals surface area (Å²) in [5.41, 5.74) is 1.50. The van der Waals surface area contributed by atoms with Crippen LogP contribution in [0.5, 0.6) is 0 Å². The highest BCUT2D eigenvalue weighted by Gasteiger charge is 2.34. The molecule has 2 amide bonds. The summed E-state index contributed by atoms with van der Waals surface area (Å²) >= 11 is 0. The van der Waals surface area contributed by atoms with Gasteiger partial charge in [0.25, 0.3) is 5.91 Å². The number of benzene rings is 1. The van der Waals surface area contributed by atoms with Crippen molar-refractivity contribution in [1.82, 2.24) is 15.1 Å². The second-order valence-electron chi connectivity index (χ2n) is 6.76. The van der Waals surface area contributed by atoms with E-state index >= 15 is 0 Å². The van der Waals surface area contributed by atoms with E-state index in [0.717, 1.165) is 18.4 Å². The zero-order valence-corrected chi connectivity index (χ0v) is 14.7. The molecule has 2 aromatic rings. The molecular formula is C19H22N4O3. The summed E-state index contributed by atoms with van der Waals surface area (Å²) in [4.78, 5) is 27.0. The number of fused-ring (bicyclic) bond motifs is 1. The van der Waals surface area contributed by atoms with Crippen LogP contribution < -0.4 is 10.2 Å². The molecule has 0 spiro atoms. The number of hydrogen-bond acceptors (Lipinski definition) is 4. The minimum absolute atomic E-state index is 0.0746. The zero-order chi connectivity index (χ0) is 18.1. The topological polar surface area (TPSA) is 76.5 Å². The summed E-state index contributed by atoms with van der Waals surface area (Å²) in [6, 6.07) is 9.03. The summed E-state index contributed by atoms with van der Waals surface area (Å²) in [5, 5.41) is 7.55. The Morgan fingerprint density at radius 1 is 1.23 bits per heavy atom. The Hall–Kier alpha value is -2.67. The largest absolute Gasteiger partial charge is 0.368 e. The number of ether oxygens (including phenoxy) is 1. The van der Waals surface area contributed by atoms with Gasteiger partial charge >= 0.3 is 0 Å². The van der Waals surface area contributed by atoms with Crippen LogP contribution in [0.2, 0.25) is 0 Å². The van der Waals surface area contributed by atoms with Crippen molar-refractivity contribution in [2.45, 2.75) is 31.4 Å². The maximum atomic E-state index is 12.9. The third-order valence-corrected chi connectivity index (χ3v) is 4.91. The van der Waals surface area contributed by atoms with E-state index in [-0.39, 0.29) is 24.0 Å². The summed E-state index contributed by atoms with van der Waals surface area (Å²) in [5.74, 6) is 0.463. The maximum Gasteiger partial charge on any atom is 0.259 e. The fraction of sp³-hybridized carbons (Fsp3) is 0.421. The van der Waals surface area contributed by atoms with Crippen molar-refractivity contribution >= 4 is 17.6 Å². The highest BCUT2D eigenvalue weighted by atomic mass is 16.5.